The van der Waals surface area contributed by atoms with Crippen molar-refractivity contribution >= 4 is 58.4 Å². The minimum atomic E-state index is -1.25. The second-order valence-electron chi connectivity index (χ2n) is 12.3. The summed E-state index contributed by atoms with van der Waals surface area (Å²) in [5.74, 6) is -3.35. The number of esters is 1. The van der Waals surface area contributed by atoms with Crippen molar-refractivity contribution < 1.29 is 33.4 Å². The average molecular weight is 709 g/mol. The largest absolute Gasteiger partial charge is 0.489 e. The summed E-state index contributed by atoms with van der Waals surface area (Å²) in [6.45, 7) is 7.87. The summed E-state index contributed by atoms with van der Waals surface area (Å²) in [4.78, 5) is 69.1. The van der Waals surface area contributed by atoms with E-state index in [9.17, 15) is 24.0 Å². The Labute approximate surface area is 295 Å². The molecule has 12 heteroatoms. The van der Waals surface area contributed by atoms with Crippen LogP contribution in [0.3, 0.4) is 0 Å². The Hall–Kier alpha value is -4.67. The van der Waals surface area contributed by atoms with E-state index in [4.69, 9.17) is 32.7 Å². The van der Waals surface area contributed by atoms with Gasteiger partial charge in [0.15, 0.2) is 0 Å². The minimum absolute atomic E-state index is 0.0270. The summed E-state index contributed by atoms with van der Waals surface area (Å²) in [7, 11) is 0. The summed E-state index contributed by atoms with van der Waals surface area (Å²) in [6.07, 6.45) is 1.03. The van der Waals surface area contributed by atoms with Crippen LogP contribution in [-0.4, -0.2) is 64.0 Å². The lowest BCUT2D eigenvalue weighted by atomic mass is 9.97. The Morgan fingerprint density at radius 3 is 2.16 bits per heavy atom. The van der Waals surface area contributed by atoms with Crippen LogP contribution in [0, 0.1) is 5.92 Å². The summed E-state index contributed by atoms with van der Waals surface area (Å²) in [6, 6.07) is 18.7. The van der Waals surface area contributed by atoms with E-state index < -0.39 is 48.3 Å². The van der Waals surface area contributed by atoms with Crippen molar-refractivity contribution in [2.24, 2.45) is 5.92 Å². The molecule has 2 atom stereocenters. The average Bonchev–Trinajstić information content (AvgIpc) is 3.03. The van der Waals surface area contributed by atoms with Gasteiger partial charge in [0, 0.05) is 35.2 Å². The number of benzene rings is 3. The summed E-state index contributed by atoms with van der Waals surface area (Å²) < 4.78 is 11.1. The number of Topliss-reactive ketones (excluding diaryl/α,β-unsaturated/α-hetero) is 1. The molecule has 0 spiro atoms. The highest BCUT2D eigenvalue weighted by Gasteiger charge is 2.40. The summed E-state index contributed by atoms with van der Waals surface area (Å²) in [5.41, 5.74) is 2.22. The van der Waals surface area contributed by atoms with Gasteiger partial charge >= 0.3 is 5.97 Å². The molecule has 0 bridgehead atoms. The first-order valence-corrected chi connectivity index (χ1v) is 16.6. The molecule has 0 aliphatic carbocycles. The molecule has 1 aliphatic heterocycles. The maximum Gasteiger partial charge on any atom is 0.377 e. The molecule has 3 amide bonds. The number of carbonyl (C=O) groups is 5. The van der Waals surface area contributed by atoms with Crippen LogP contribution < -0.4 is 10.1 Å². The second kappa shape index (κ2) is 16.6. The molecule has 4 rings (SSSR count). The van der Waals surface area contributed by atoms with Crippen molar-refractivity contribution in [2.75, 3.05) is 6.54 Å². The van der Waals surface area contributed by atoms with Crippen molar-refractivity contribution in [2.45, 2.75) is 65.8 Å². The van der Waals surface area contributed by atoms with Crippen LogP contribution >= 0.6 is 23.2 Å². The molecule has 0 aromatic heterocycles. The molecule has 1 aliphatic rings. The smallest absolute Gasteiger partial charge is 0.377 e. The van der Waals surface area contributed by atoms with E-state index in [1.54, 1.807) is 101 Å². The van der Waals surface area contributed by atoms with Gasteiger partial charge in [0.25, 0.3) is 11.7 Å². The molecule has 1 N–H and O–H groups in total. The monoisotopic (exact) mass is 707 g/mol. The third-order valence-corrected chi connectivity index (χ3v) is 8.04. The topological polar surface area (TPSA) is 122 Å². The van der Waals surface area contributed by atoms with E-state index >= 15 is 0 Å². The van der Waals surface area contributed by atoms with Gasteiger partial charge in [-0.25, -0.2) is 4.79 Å². The summed E-state index contributed by atoms with van der Waals surface area (Å²) >= 11 is 12.3. The molecule has 258 valence electrons. The maximum atomic E-state index is 14.1. The first-order valence-electron chi connectivity index (χ1n) is 15.8. The van der Waals surface area contributed by atoms with E-state index in [-0.39, 0.29) is 30.5 Å². The van der Waals surface area contributed by atoms with Gasteiger partial charge in [-0.1, -0.05) is 79.5 Å². The highest BCUT2D eigenvalue weighted by molar-refractivity contribution is 6.36. The Morgan fingerprint density at radius 2 is 1.55 bits per heavy atom. The predicted molar refractivity (Wildman–Crippen MR) is 186 cm³/mol. The lowest BCUT2D eigenvalue weighted by Crippen LogP contribution is -2.57. The van der Waals surface area contributed by atoms with Crippen molar-refractivity contribution in [3.05, 3.63) is 106 Å². The van der Waals surface area contributed by atoms with Gasteiger partial charge in [0.2, 0.25) is 11.8 Å². The van der Waals surface area contributed by atoms with Crippen LogP contribution in [-0.2, 0) is 41.7 Å². The zero-order chi connectivity index (χ0) is 35.8. The maximum absolute atomic E-state index is 14.1. The third kappa shape index (κ3) is 9.93. The number of hydrogen-bond acceptors (Lipinski definition) is 7. The molecular formula is C37H39Cl2N3O7. The number of carbonyl (C=O) groups excluding carboxylic acids is 5. The van der Waals surface area contributed by atoms with Gasteiger partial charge < -0.3 is 19.7 Å². The number of nitrogens with one attached hydrogen (secondary N) is 1. The number of ketones is 1. The van der Waals surface area contributed by atoms with Gasteiger partial charge in [-0.3, -0.25) is 24.1 Å². The van der Waals surface area contributed by atoms with Gasteiger partial charge in [-0.2, -0.15) is 0 Å². The Balaban J connectivity index is 1.65. The van der Waals surface area contributed by atoms with Gasteiger partial charge in [0.05, 0.1) is 11.8 Å². The predicted octanol–water partition coefficient (Wildman–Crippen LogP) is 5.83. The molecule has 0 unspecified atom stereocenters. The molecule has 0 saturated carbocycles. The van der Waals surface area contributed by atoms with Gasteiger partial charge in [0.1, 0.15) is 31.0 Å². The Morgan fingerprint density at radius 1 is 0.878 bits per heavy atom. The molecule has 0 saturated heterocycles. The van der Waals surface area contributed by atoms with Crippen LogP contribution in [0.4, 0.5) is 0 Å². The Bertz CT molecular complexity index is 1720. The minimum Gasteiger partial charge on any atom is -0.489 e. The number of rotatable bonds is 13. The van der Waals surface area contributed by atoms with Crippen molar-refractivity contribution in [3.63, 3.8) is 0 Å². The molecule has 0 fully saturated rings. The standard InChI is InChI=1S/C37H39Cl2N3O7/c1-22(2)34-36(46)42(20-33(44)40-31(16-25-10-7-6-8-11-25)35(45)37(47)49-23(3)4)32(19-41(34)24(5)43)27-12-9-13-30(17-27)48-21-26-14-28(38)18-29(39)15-26/h6-15,17-19,22-23,31,34H,16,20-21H2,1-5H3,(H,40,44)/t31-,34+/m0/s1. The zero-order valence-electron chi connectivity index (χ0n) is 27.9. The van der Waals surface area contributed by atoms with E-state index in [0.29, 0.717) is 26.9 Å². The number of amides is 3. The molecular weight excluding hydrogens is 669 g/mol. The normalized spacial score (nSPS) is 15.2. The highest BCUT2D eigenvalue weighted by atomic mass is 35.5. The van der Waals surface area contributed by atoms with Crippen LogP contribution in [0.5, 0.6) is 5.75 Å². The third-order valence-electron chi connectivity index (χ3n) is 7.60. The van der Waals surface area contributed by atoms with E-state index in [1.807, 2.05) is 6.07 Å². The van der Waals surface area contributed by atoms with Crippen molar-refractivity contribution in [1.29, 1.82) is 0 Å². The van der Waals surface area contributed by atoms with Crippen LogP contribution in [0.2, 0.25) is 10.0 Å². The van der Waals surface area contributed by atoms with Crippen LogP contribution in [0.25, 0.3) is 5.70 Å². The van der Waals surface area contributed by atoms with Crippen molar-refractivity contribution in [3.8, 4) is 5.75 Å². The van der Waals surface area contributed by atoms with E-state index in [0.717, 1.165) is 5.56 Å². The van der Waals surface area contributed by atoms with Crippen LogP contribution in [0.1, 0.15) is 51.3 Å². The quantitative estimate of drug-likeness (QED) is 0.175. The molecule has 49 heavy (non-hydrogen) atoms. The molecule has 3 aromatic carbocycles. The lowest BCUT2D eigenvalue weighted by Gasteiger charge is -2.40. The van der Waals surface area contributed by atoms with Crippen molar-refractivity contribution in [1.82, 2.24) is 15.1 Å². The first-order chi connectivity index (χ1) is 23.2. The fraction of sp³-hybridized carbons (Fsp3) is 0.324. The SMILES string of the molecule is CC(=O)N1C=C(c2cccc(OCc3cc(Cl)cc(Cl)c3)c2)N(CC(=O)N[C@@H](Cc2ccccc2)C(=O)C(=O)OC(C)C)C(=O)[C@H]1C(C)C. The summed E-state index contributed by atoms with van der Waals surface area (Å²) in [5, 5.41) is 3.59. The number of hydrogen-bond donors (Lipinski definition) is 1. The van der Waals surface area contributed by atoms with E-state index in [2.05, 4.69) is 5.32 Å². The fourth-order valence-corrected chi connectivity index (χ4v) is 6.00. The molecule has 3 aromatic rings. The molecule has 10 nitrogen and oxygen atoms in total. The van der Waals surface area contributed by atoms with Crippen LogP contribution in [0.15, 0.2) is 79.0 Å². The van der Waals surface area contributed by atoms with Gasteiger partial charge in [-0.15, -0.1) is 0 Å². The second-order valence-corrected chi connectivity index (χ2v) is 13.1. The number of ether oxygens (including phenoxy) is 2. The zero-order valence-corrected chi connectivity index (χ0v) is 29.5. The molecule has 1 heterocycles. The highest BCUT2D eigenvalue weighted by Crippen LogP contribution is 2.32. The Kier molecular flexibility index (Phi) is 12.6. The van der Waals surface area contributed by atoms with Gasteiger partial charge in [-0.05, 0) is 61.2 Å². The fourth-order valence-electron chi connectivity index (χ4n) is 5.43. The molecule has 0 radical (unpaired) electrons. The first kappa shape index (κ1) is 37.2. The van der Waals surface area contributed by atoms with E-state index in [1.165, 1.54) is 16.7 Å². The number of nitrogens with zero attached hydrogens (tertiary/aromatic N) is 2. The number of halogens is 2. The lowest BCUT2D eigenvalue weighted by molar-refractivity contribution is -0.157.